The standard InChI is InChI=1S/C22H30N2O6/c1-2-19(25)10-13-29-15-16-30-14-11-20(26)23-18-6-3-17(4-7-18)5-8-21(27)24-12-9-22(24)28/h3-4,6-7H,2,5,8-16H2,1H3,(H,23,26). The molecule has 0 bridgehead atoms. The van der Waals surface area contributed by atoms with Crippen molar-refractivity contribution < 1.29 is 28.7 Å². The Morgan fingerprint density at radius 1 is 0.967 bits per heavy atom. The zero-order valence-electron chi connectivity index (χ0n) is 17.5. The van der Waals surface area contributed by atoms with Gasteiger partial charge in [0.25, 0.3) is 0 Å². The van der Waals surface area contributed by atoms with Crippen molar-refractivity contribution in [3.63, 3.8) is 0 Å². The van der Waals surface area contributed by atoms with Gasteiger partial charge in [-0.3, -0.25) is 24.1 Å². The van der Waals surface area contributed by atoms with Gasteiger partial charge in [0.2, 0.25) is 17.7 Å². The van der Waals surface area contributed by atoms with Crippen molar-refractivity contribution >= 4 is 29.2 Å². The van der Waals surface area contributed by atoms with Gasteiger partial charge in [0.15, 0.2) is 0 Å². The molecule has 1 N–H and O–H groups in total. The Morgan fingerprint density at radius 3 is 2.20 bits per heavy atom. The highest BCUT2D eigenvalue weighted by molar-refractivity contribution is 5.99. The van der Waals surface area contributed by atoms with Gasteiger partial charge in [0, 0.05) is 37.9 Å². The Hall–Kier alpha value is -2.58. The second kappa shape index (κ2) is 12.9. The molecule has 1 heterocycles. The maximum Gasteiger partial charge on any atom is 0.230 e. The minimum absolute atomic E-state index is 0.0990. The van der Waals surface area contributed by atoms with Crippen LogP contribution in [0.4, 0.5) is 5.69 Å². The fourth-order valence-electron chi connectivity index (χ4n) is 2.79. The van der Waals surface area contributed by atoms with E-state index in [9.17, 15) is 19.2 Å². The summed E-state index contributed by atoms with van der Waals surface area (Å²) in [5.74, 6) is -0.206. The van der Waals surface area contributed by atoms with Gasteiger partial charge in [-0.05, 0) is 24.1 Å². The van der Waals surface area contributed by atoms with Crippen molar-refractivity contribution in [2.24, 2.45) is 0 Å². The fraction of sp³-hybridized carbons (Fsp3) is 0.545. The Kier molecular flexibility index (Phi) is 10.2. The van der Waals surface area contributed by atoms with Crippen molar-refractivity contribution in [2.75, 3.05) is 38.3 Å². The monoisotopic (exact) mass is 418 g/mol. The summed E-state index contributed by atoms with van der Waals surface area (Å²) < 4.78 is 10.7. The normalized spacial score (nSPS) is 13.1. The van der Waals surface area contributed by atoms with Gasteiger partial charge < -0.3 is 14.8 Å². The van der Waals surface area contributed by atoms with E-state index >= 15 is 0 Å². The molecule has 0 aliphatic carbocycles. The van der Waals surface area contributed by atoms with Gasteiger partial charge >= 0.3 is 0 Å². The number of hydrogen-bond donors (Lipinski definition) is 1. The van der Waals surface area contributed by atoms with Crippen molar-refractivity contribution in [1.82, 2.24) is 4.90 Å². The molecule has 8 nitrogen and oxygen atoms in total. The highest BCUT2D eigenvalue weighted by atomic mass is 16.5. The molecule has 8 heteroatoms. The number of hydrogen-bond acceptors (Lipinski definition) is 6. The molecule has 0 spiro atoms. The van der Waals surface area contributed by atoms with Crippen LogP contribution in [0.1, 0.15) is 44.6 Å². The first-order valence-corrected chi connectivity index (χ1v) is 10.4. The molecule has 0 saturated carbocycles. The summed E-state index contributed by atoms with van der Waals surface area (Å²) in [7, 11) is 0. The van der Waals surface area contributed by atoms with Gasteiger partial charge in [-0.1, -0.05) is 19.1 Å². The summed E-state index contributed by atoms with van der Waals surface area (Å²) >= 11 is 0. The van der Waals surface area contributed by atoms with Crippen LogP contribution in [0.5, 0.6) is 0 Å². The van der Waals surface area contributed by atoms with Crippen LogP contribution in [0.25, 0.3) is 0 Å². The molecule has 1 aliphatic rings. The highest BCUT2D eigenvalue weighted by Gasteiger charge is 2.29. The van der Waals surface area contributed by atoms with Gasteiger partial charge in [0.1, 0.15) is 5.78 Å². The van der Waals surface area contributed by atoms with E-state index in [4.69, 9.17) is 9.47 Å². The molecular formula is C22H30N2O6. The topological polar surface area (TPSA) is 102 Å². The van der Waals surface area contributed by atoms with E-state index in [-0.39, 0.29) is 29.9 Å². The molecule has 1 fully saturated rings. The zero-order chi connectivity index (χ0) is 21.8. The lowest BCUT2D eigenvalue weighted by atomic mass is 10.1. The Balaban J connectivity index is 1.54. The number of β-lactam (4-membered cyclic amide) rings is 1. The van der Waals surface area contributed by atoms with Gasteiger partial charge in [0.05, 0.1) is 32.8 Å². The number of anilines is 1. The number of ether oxygens (including phenoxy) is 2. The predicted octanol–water partition coefficient (Wildman–Crippen LogP) is 2.11. The van der Waals surface area contributed by atoms with E-state index in [0.29, 0.717) is 70.8 Å². The number of carbonyl (C=O) groups excluding carboxylic acids is 4. The van der Waals surface area contributed by atoms with Crippen molar-refractivity contribution in [3.8, 4) is 0 Å². The molecule has 0 atom stereocenters. The molecule has 3 amide bonds. The minimum Gasteiger partial charge on any atom is -0.379 e. The third kappa shape index (κ3) is 8.42. The van der Waals surface area contributed by atoms with Gasteiger partial charge in [-0.2, -0.15) is 0 Å². The second-order valence-electron chi connectivity index (χ2n) is 7.05. The number of rotatable bonds is 14. The van der Waals surface area contributed by atoms with E-state index in [1.807, 2.05) is 19.1 Å². The lowest BCUT2D eigenvalue weighted by Crippen LogP contribution is -2.47. The van der Waals surface area contributed by atoms with Crippen LogP contribution in [0.2, 0.25) is 0 Å². The van der Waals surface area contributed by atoms with Crippen LogP contribution in [0, 0.1) is 0 Å². The number of ketones is 1. The van der Waals surface area contributed by atoms with Crippen LogP contribution in [0.15, 0.2) is 24.3 Å². The molecule has 0 aromatic heterocycles. The Bertz CT molecular complexity index is 732. The summed E-state index contributed by atoms with van der Waals surface area (Å²) in [5.41, 5.74) is 1.65. The van der Waals surface area contributed by atoms with Crippen molar-refractivity contribution in [3.05, 3.63) is 29.8 Å². The molecule has 2 rings (SSSR count). The number of nitrogens with zero attached hydrogens (tertiary/aromatic N) is 1. The fourth-order valence-corrected chi connectivity index (χ4v) is 2.79. The highest BCUT2D eigenvalue weighted by Crippen LogP contribution is 2.14. The number of amides is 3. The number of Topliss-reactive ketones (excluding diaryl/α,β-unsaturated/α-hetero) is 1. The maximum atomic E-state index is 12.0. The van der Waals surface area contributed by atoms with Gasteiger partial charge in [-0.25, -0.2) is 0 Å². The van der Waals surface area contributed by atoms with Crippen molar-refractivity contribution in [1.29, 1.82) is 0 Å². The van der Waals surface area contributed by atoms with Crippen LogP contribution in [-0.2, 0) is 35.1 Å². The van der Waals surface area contributed by atoms with Crippen molar-refractivity contribution in [2.45, 2.75) is 45.4 Å². The third-order valence-electron chi connectivity index (χ3n) is 4.78. The summed E-state index contributed by atoms with van der Waals surface area (Å²) in [6, 6.07) is 7.30. The van der Waals surface area contributed by atoms with Gasteiger partial charge in [-0.15, -0.1) is 0 Å². The first-order valence-electron chi connectivity index (χ1n) is 10.4. The Morgan fingerprint density at radius 2 is 1.63 bits per heavy atom. The Labute approximate surface area is 176 Å². The largest absolute Gasteiger partial charge is 0.379 e. The molecule has 164 valence electrons. The quantitative estimate of drug-likeness (QED) is 0.367. The predicted molar refractivity (Wildman–Crippen MR) is 111 cm³/mol. The van der Waals surface area contributed by atoms with Crippen LogP contribution < -0.4 is 5.32 Å². The van der Waals surface area contributed by atoms with Crippen LogP contribution in [0.3, 0.4) is 0 Å². The number of imide groups is 1. The second-order valence-corrected chi connectivity index (χ2v) is 7.05. The molecule has 1 aromatic rings. The van der Waals surface area contributed by atoms with E-state index in [1.54, 1.807) is 12.1 Å². The first kappa shape index (κ1) is 23.7. The molecule has 1 aromatic carbocycles. The molecule has 1 saturated heterocycles. The SMILES string of the molecule is CCC(=O)CCOCCOCCC(=O)Nc1ccc(CCC(=O)N2CCC2=O)cc1. The lowest BCUT2D eigenvalue weighted by Gasteiger charge is -2.28. The average molecular weight is 418 g/mol. The molecule has 0 radical (unpaired) electrons. The zero-order valence-corrected chi connectivity index (χ0v) is 17.5. The van der Waals surface area contributed by atoms with Crippen LogP contribution in [-0.4, -0.2) is 61.4 Å². The summed E-state index contributed by atoms with van der Waals surface area (Å²) in [5, 5.41) is 2.80. The summed E-state index contributed by atoms with van der Waals surface area (Å²) in [6.45, 7) is 3.82. The lowest BCUT2D eigenvalue weighted by molar-refractivity contribution is -0.152. The maximum absolute atomic E-state index is 12.0. The minimum atomic E-state index is -0.149. The number of benzene rings is 1. The number of carbonyl (C=O) groups is 4. The van der Waals surface area contributed by atoms with E-state index < -0.39 is 0 Å². The molecule has 1 aliphatic heterocycles. The van der Waals surface area contributed by atoms with E-state index in [1.165, 1.54) is 4.90 Å². The average Bonchev–Trinajstić information content (AvgIpc) is 2.73. The summed E-state index contributed by atoms with van der Waals surface area (Å²) in [6.07, 6.45) is 2.49. The van der Waals surface area contributed by atoms with Crippen LogP contribution >= 0.6 is 0 Å². The van der Waals surface area contributed by atoms with E-state index in [2.05, 4.69) is 5.32 Å². The molecule has 0 unspecified atom stereocenters. The number of aryl methyl sites for hydroxylation is 1. The molecule has 30 heavy (non-hydrogen) atoms. The summed E-state index contributed by atoms with van der Waals surface area (Å²) in [4.78, 5) is 47.5. The first-order chi connectivity index (χ1) is 14.5. The smallest absolute Gasteiger partial charge is 0.230 e. The van der Waals surface area contributed by atoms with E-state index in [0.717, 1.165) is 5.56 Å². The number of likely N-dealkylation sites (tertiary alicyclic amines) is 1. The molecular weight excluding hydrogens is 388 g/mol. The third-order valence-corrected chi connectivity index (χ3v) is 4.78. The number of nitrogens with one attached hydrogen (secondary N) is 1.